The van der Waals surface area contributed by atoms with E-state index < -0.39 is 0 Å². The summed E-state index contributed by atoms with van der Waals surface area (Å²) in [5, 5.41) is 6.97. The lowest BCUT2D eigenvalue weighted by molar-refractivity contribution is 0.501. The Morgan fingerprint density at radius 2 is 1.81 bits per heavy atom. The highest BCUT2D eigenvalue weighted by atomic mass is 15.2. The number of piperazine rings is 1. The Morgan fingerprint density at radius 3 is 2.61 bits per heavy atom. The molecule has 5 nitrogen and oxygen atoms in total. The highest BCUT2D eigenvalue weighted by Gasteiger charge is 2.18. The molecule has 162 valence electrons. The van der Waals surface area contributed by atoms with E-state index in [0.29, 0.717) is 6.04 Å². The lowest BCUT2D eigenvalue weighted by atomic mass is 9.97. The van der Waals surface area contributed by atoms with Crippen molar-refractivity contribution in [3.8, 4) is 0 Å². The van der Waals surface area contributed by atoms with E-state index in [0.717, 1.165) is 31.9 Å². The number of anilines is 3. The third-order valence-corrected chi connectivity index (χ3v) is 6.71. The van der Waals surface area contributed by atoms with Crippen LogP contribution in [0.1, 0.15) is 37.3 Å². The van der Waals surface area contributed by atoms with Gasteiger partial charge in [-0.1, -0.05) is 6.07 Å². The summed E-state index contributed by atoms with van der Waals surface area (Å²) >= 11 is 0. The summed E-state index contributed by atoms with van der Waals surface area (Å²) in [6, 6.07) is 16.2. The van der Waals surface area contributed by atoms with Crippen LogP contribution in [-0.2, 0) is 0 Å². The summed E-state index contributed by atoms with van der Waals surface area (Å²) in [5.74, 6) is 0. The molecule has 0 radical (unpaired) electrons. The van der Waals surface area contributed by atoms with Crippen LogP contribution in [0.4, 0.5) is 17.1 Å². The fourth-order valence-corrected chi connectivity index (χ4v) is 4.88. The van der Waals surface area contributed by atoms with Crippen LogP contribution < -0.4 is 20.4 Å². The van der Waals surface area contributed by atoms with Crippen LogP contribution in [0.2, 0.25) is 0 Å². The first-order valence-electron chi connectivity index (χ1n) is 11.7. The maximum absolute atomic E-state index is 4.58. The SMILES string of the molecule is CC1CNCCN1c1ccc(NC=C2CN=Cc3ccc(N4CCCCC4)cc32)cc1. The fourth-order valence-electron chi connectivity index (χ4n) is 4.88. The van der Waals surface area contributed by atoms with Crippen molar-refractivity contribution in [2.45, 2.75) is 32.2 Å². The monoisotopic (exact) mass is 415 g/mol. The number of hydrogen-bond acceptors (Lipinski definition) is 5. The minimum Gasteiger partial charge on any atom is -0.372 e. The molecule has 5 rings (SSSR count). The molecule has 3 aliphatic rings. The smallest absolute Gasteiger partial charge is 0.0660 e. The van der Waals surface area contributed by atoms with Crippen LogP contribution in [0.5, 0.6) is 0 Å². The number of piperidine rings is 1. The van der Waals surface area contributed by atoms with E-state index in [9.17, 15) is 0 Å². The average Bonchev–Trinajstić information content (AvgIpc) is 2.84. The zero-order chi connectivity index (χ0) is 21.0. The van der Waals surface area contributed by atoms with E-state index in [1.54, 1.807) is 0 Å². The molecule has 1 atom stereocenters. The van der Waals surface area contributed by atoms with Crippen molar-refractivity contribution >= 4 is 28.8 Å². The highest BCUT2D eigenvalue weighted by molar-refractivity contribution is 5.93. The molecule has 0 aliphatic carbocycles. The third kappa shape index (κ3) is 4.47. The van der Waals surface area contributed by atoms with Crippen molar-refractivity contribution < 1.29 is 0 Å². The van der Waals surface area contributed by atoms with Gasteiger partial charge in [-0.15, -0.1) is 0 Å². The molecular formula is C26H33N5. The largest absolute Gasteiger partial charge is 0.372 e. The molecule has 0 bridgehead atoms. The number of rotatable bonds is 4. The lowest BCUT2D eigenvalue weighted by Gasteiger charge is -2.36. The highest BCUT2D eigenvalue weighted by Crippen LogP contribution is 2.29. The van der Waals surface area contributed by atoms with Crippen molar-refractivity contribution in [2.24, 2.45) is 4.99 Å². The Labute approximate surface area is 185 Å². The van der Waals surface area contributed by atoms with Gasteiger partial charge in [0.15, 0.2) is 0 Å². The first-order chi connectivity index (χ1) is 15.3. The Bertz CT molecular complexity index is 956. The van der Waals surface area contributed by atoms with Gasteiger partial charge in [-0.25, -0.2) is 0 Å². The standard InChI is InChI=1S/C26H33N5/c1-20-16-27-11-14-31(20)24-9-6-23(7-10-24)29-19-22-18-28-17-21-5-8-25(15-26(21)22)30-12-3-2-4-13-30/h5-10,15,17,19-20,27,29H,2-4,11-14,16,18H2,1H3. The Balaban J connectivity index is 1.32. The van der Waals surface area contributed by atoms with Gasteiger partial charge in [-0.2, -0.15) is 0 Å². The van der Waals surface area contributed by atoms with Gasteiger partial charge in [0.05, 0.1) is 6.54 Å². The first-order valence-corrected chi connectivity index (χ1v) is 11.7. The summed E-state index contributed by atoms with van der Waals surface area (Å²) in [6.45, 7) is 8.50. The van der Waals surface area contributed by atoms with E-state index >= 15 is 0 Å². The van der Waals surface area contributed by atoms with Gasteiger partial charge in [0, 0.05) is 73.8 Å². The van der Waals surface area contributed by atoms with E-state index in [-0.39, 0.29) is 0 Å². The number of nitrogens with zero attached hydrogens (tertiary/aromatic N) is 3. The van der Waals surface area contributed by atoms with Crippen LogP contribution in [0.3, 0.4) is 0 Å². The van der Waals surface area contributed by atoms with Crippen LogP contribution in [-0.4, -0.2) is 51.5 Å². The summed E-state index contributed by atoms with van der Waals surface area (Å²) in [7, 11) is 0. The van der Waals surface area contributed by atoms with Gasteiger partial charge < -0.3 is 20.4 Å². The quantitative estimate of drug-likeness (QED) is 0.779. The van der Waals surface area contributed by atoms with E-state index in [2.05, 4.69) is 81.0 Å². The predicted octanol–water partition coefficient (Wildman–Crippen LogP) is 4.36. The molecule has 5 heteroatoms. The number of fused-ring (bicyclic) bond motifs is 1. The zero-order valence-corrected chi connectivity index (χ0v) is 18.5. The Morgan fingerprint density at radius 1 is 1.00 bits per heavy atom. The van der Waals surface area contributed by atoms with Crippen LogP contribution >= 0.6 is 0 Å². The molecule has 0 amide bonds. The molecule has 0 saturated carbocycles. The van der Waals surface area contributed by atoms with Gasteiger partial charge in [0.1, 0.15) is 0 Å². The number of hydrogen-bond donors (Lipinski definition) is 2. The van der Waals surface area contributed by atoms with Crippen LogP contribution in [0.15, 0.2) is 53.7 Å². The van der Waals surface area contributed by atoms with Crippen molar-refractivity contribution in [2.75, 3.05) is 54.4 Å². The molecule has 3 aliphatic heterocycles. The van der Waals surface area contributed by atoms with Crippen LogP contribution in [0.25, 0.3) is 5.57 Å². The molecule has 3 heterocycles. The summed E-state index contributed by atoms with van der Waals surface area (Å²) < 4.78 is 0. The second-order valence-corrected chi connectivity index (χ2v) is 8.90. The first kappa shape index (κ1) is 20.1. The maximum atomic E-state index is 4.58. The summed E-state index contributed by atoms with van der Waals surface area (Å²) in [4.78, 5) is 9.58. The lowest BCUT2D eigenvalue weighted by Crippen LogP contribution is -2.49. The second kappa shape index (κ2) is 9.15. The van der Waals surface area contributed by atoms with Crippen molar-refractivity contribution in [1.29, 1.82) is 0 Å². The minimum atomic E-state index is 0.528. The molecule has 1 unspecified atom stereocenters. The molecular weight excluding hydrogens is 382 g/mol. The Kier molecular flexibility index (Phi) is 5.94. The molecule has 2 aromatic rings. The average molecular weight is 416 g/mol. The van der Waals surface area contributed by atoms with E-state index in [1.807, 2.05) is 6.21 Å². The van der Waals surface area contributed by atoms with Crippen LogP contribution in [0, 0.1) is 0 Å². The number of benzene rings is 2. The van der Waals surface area contributed by atoms with Gasteiger partial charge in [0.25, 0.3) is 0 Å². The maximum Gasteiger partial charge on any atom is 0.0660 e. The minimum absolute atomic E-state index is 0.528. The molecule has 0 spiro atoms. The van der Waals surface area contributed by atoms with E-state index in [4.69, 9.17) is 0 Å². The number of aliphatic imine (C=N–C) groups is 1. The second-order valence-electron chi connectivity index (χ2n) is 8.90. The third-order valence-electron chi connectivity index (χ3n) is 6.71. The van der Waals surface area contributed by atoms with Gasteiger partial charge >= 0.3 is 0 Å². The molecule has 2 saturated heterocycles. The van der Waals surface area contributed by atoms with Gasteiger partial charge in [0.2, 0.25) is 0 Å². The van der Waals surface area contributed by atoms with Crippen molar-refractivity contribution in [3.05, 3.63) is 59.8 Å². The van der Waals surface area contributed by atoms with Crippen molar-refractivity contribution in [1.82, 2.24) is 5.32 Å². The topological polar surface area (TPSA) is 42.9 Å². The van der Waals surface area contributed by atoms with E-state index in [1.165, 1.54) is 60.4 Å². The van der Waals surface area contributed by atoms with Gasteiger partial charge in [-0.3, -0.25) is 4.99 Å². The molecule has 0 aromatic heterocycles. The Hall–Kier alpha value is -2.79. The summed E-state index contributed by atoms with van der Waals surface area (Å²) in [5.41, 5.74) is 7.51. The zero-order valence-electron chi connectivity index (χ0n) is 18.5. The molecule has 2 fully saturated rings. The van der Waals surface area contributed by atoms with Gasteiger partial charge in [-0.05, 0) is 73.7 Å². The predicted molar refractivity (Wildman–Crippen MR) is 133 cm³/mol. The molecule has 31 heavy (non-hydrogen) atoms. The molecule has 2 N–H and O–H groups in total. The molecule has 2 aromatic carbocycles. The van der Waals surface area contributed by atoms with Crippen molar-refractivity contribution in [3.63, 3.8) is 0 Å². The summed E-state index contributed by atoms with van der Waals surface area (Å²) in [6.07, 6.45) is 8.10. The normalized spacial score (nSPS) is 22.5. The number of nitrogens with one attached hydrogen (secondary N) is 2. The fraction of sp³-hybridized carbons (Fsp3) is 0.423.